The number of nitro benzene ring substituents is 2. The Labute approximate surface area is 295 Å². The summed E-state index contributed by atoms with van der Waals surface area (Å²) >= 11 is 0. The molecule has 1 unspecified atom stereocenters. The maximum atomic E-state index is 12.8. The highest BCUT2D eigenvalue weighted by Crippen LogP contribution is 2.43. The molecule has 17 heteroatoms. The molecular weight excluding hydrogens is 679 g/mol. The Hall–Kier alpha value is -4.54. The third-order valence-corrected chi connectivity index (χ3v) is 7.41. The first kappa shape index (κ1) is 46.5. The number of benzene rings is 1. The standard InChI is InChI=1S/C13H16F3N3O4.C13H26O.C8H10N2O4/c1-3-5-17(6-4-2)12-10(18(20)21)7-9(13(14,15)16)8-11(12)19(22)23;1-3-4-5-6-7-8-9-10-11-12-13(2)14;9-5(8(13)14)3-10-2-1-6(11)7(12)4-10/h7-8H,3-6H2,1-2H3;3-12H2,1-2H3;1-2,4-5,12H,3,9H2,(H,13,14). The quantitative estimate of drug-likeness (QED) is 0.0685. The highest BCUT2D eigenvalue weighted by molar-refractivity contribution is 5.76. The number of Topliss-reactive ketones (excluding diaryl/α,β-unsaturated/α-hetero) is 1. The molecule has 2 rings (SSSR count). The molecule has 0 amide bonds. The predicted molar refractivity (Wildman–Crippen MR) is 188 cm³/mol. The maximum absolute atomic E-state index is 12.8. The lowest BCUT2D eigenvalue weighted by Gasteiger charge is -2.23. The first-order valence-electron chi connectivity index (χ1n) is 17.1. The predicted octanol–water partition coefficient (Wildman–Crippen LogP) is 7.61. The first-order valence-corrected chi connectivity index (χ1v) is 17.1. The maximum Gasteiger partial charge on any atom is 0.416 e. The summed E-state index contributed by atoms with van der Waals surface area (Å²) in [6, 6.07) is 0.780. The van der Waals surface area contributed by atoms with Crippen molar-refractivity contribution in [3.8, 4) is 5.75 Å². The van der Waals surface area contributed by atoms with Gasteiger partial charge in [0, 0.05) is 56.6 Å². The molecule has 51 heavy (non-hydrogen) atoms. The number of halogens is 3. The Morgan fingerprint density at radius 3 is 1.75 bits per heavy atom. The third kappa shape index (κ3) is 18.9. The minimum absolute atomic E-state index is 0.00315. The number of carbonyl (C=O) groups is 2. The van der Waals surface area contributed by atoms with Crippen molar-refractivity contribution in [3.63, 3.8) is 0 Å². The largest absolute Gasteiger partial charge is 0.503 e. The second-order valence-corrected chi connectivity index (χ2v) is 12.0. The van der Waals surface area contributed by atoms with Gasteiger partial charge >= 0.3 is 12.1 Å². The van der Waals surface area contributed by atoms with Crippen molar-refractivity contribution in [2.24, 2.45) is 5.73 Å². The average molecular weight is 732 g/mol. The van der Waals surface area contributed by atoms with Crippen LogP contribution in [0.4, 0.5) is 30.2 Å². The number of carboxylic acids is 1. The summed E-state index contributed by atoms with van der Waals surface area (Å²) in [5, 5.41) is 39.9. The van der Waals surface area contributed by atoms with E-state index in [0.29, 0.717) is 30.8 Å². The zero-order valence-electron chi connectivity index (χ0n) is 29.8. The number of pyridine rings is 1. The topological polar surface area (TPSA) is 212 Å². The Morgan fingerprint density at radius 1 is 0.902 bits per heavy atom. The van der Waals surface area contributed by atoms with Gasteiger partial charge in [-0.25, -0.2) is 0 Å². The highest BCUT2D eigenvalue weighted by Gasteiger charge is 2.39. The van der Waals surface area contributed by atoms with E-state index in [9.17, 15) is 47.8 Å². The minimum atomic E-state index is -4.91. The number of aliphatic carboxylic acids is 1. The number of nitrogens with two attached hydrogens (primary N) is 1. The van der Waals surface area contributed by atoms with Crippen LogP contribution in [-0.2, 0) is 22.3 Å². The second kappa shape index (κ2) is 24.6. The molecule has 0 bridgehead atoms. The monoisotopic (exact) mass is 731 g/mol. The summed E-state index contributed by atoms with van der Waals surface area (Å²) in [7, 11) is 0. The van der Waals surface area contributed by atoms with Gasteiger partial charge in [-0.1, -0.05) is 72.1 Å². The van der Waals surface area contributed by atoms with Crippen molar-refractivity contribution >= 4 is 28.8 Å². The summed E-state index contributed by atoms with van der Waals surface area (Å²) in [5.41, 5.74) is 1.14. The Kier molecular flexibility index (Phi) is 22.4. The fourth-order valence-electron chi connectivity index (χ4n) is 4.86. The van der Waals surface area contributed by atoms with E-state index in [4.69, 9.17) is 15.9 Å². The molecule has 0 aliphatic rings. The molecule has 1 aromatic carbocycles. The van der Waals surface area contributed by atoms with E-state index in [-0.39, 0.29) is 25.3 Å². The number of hydrogen-bond donors (Lipinski definition) is 3. The molecule has 0 fully saturated rings. The number of alkyl halides is 3. The van der Waals surface area contributed by atoms with Gasteiger partial charge in [0.05, 0.1) is 15.4 Å². The van der Waals surface area contributed by atoms with Crippen molar-refractivity contribution < 1.29 is 42.8 Å². The van der Waals surface area contributed by atoms with E-state index in [1.54, 1.807) is 20.8 Å². The van der Waals surface area contributed by atoms with Gasteiger partial charge < -0.3 is 30.2 Å². The van der Waals surface area contributed by atoms with Crippen LogP contribution in [0.15, 0.2) is 35.4 Å². The third-order valence-electron chi connectivity index (χ3n) is 7.41. The number of aromatic hydroxyl groups is 1. The van der Waals surface area contributed by atoms with Crippen LogP contribution in [0.5, 0.6) is 5.75 Å². The number of nitro groups is 2. The molecular formula is C34H52F3N5O9. The van der Waals surface area contributed by atoms with Crippen molar-refractivity contribution in [2.75, 3.05) is 18.0 Å². The molecule has 1 atom stereocenters. The number of aromatic nitrogens is 1. The number of hydrogen-bond acceptors (Lipinski definition) is 10. The van der Waals surface area contributed by atoms with E-state index in [1.165, 1.54) is 67.0 Å². The van der Waals surface area contributed by atoms with Gasteiger partial charge in [0.15, 0.2) is 11.4 Å². The van der Waals surface area contributed by atoms with Crippen LogP contribution >= 0.6 is 0 Å². The van der Waals surface area contributed by atoms with Crippen molar-refractivity contribution in [1.82, 2.24) is 4.57 Å². The molecule has 0 spiro atoms. The van der Waals surface area contributed by atoms with Gasteiger partial charge in [0.25, 0.3) is 11.4 Å². The van der Waals surface area contributed by atoms with Crippen LogP contribution < -0.4 is 16.1 Å². The normalized spacial score (nSPS) is 11.4. The lowest BCUT2D eigenvalue weighted by Crippen LogP contribution is -2.34. The van der Waals surface area contributed by atoms with Crippen LogP contribution in [0, 0.1) is 20.2 Å². The van der Waals surface area contributed by atoms with Gasteiger partial charge in [-0.05, 0) is 26.2 Å². The molecule has 0 saturated carbocycles. The summed E-state index contributed by atoms with van der Waals surface area (Å²) in [5.74, 6) is -1.22. The van der Waals surface area contributed by atoms with Crippen molar-refractivity contribution in [3.05, 3.63) is 66.6 Å². The van der Waals surface area contributed by atoms with Crippen LogP contribution in [0.2, 0.25) is 0 Å². The molecule has 0 aliphatic carbocycles. The van der Waals surface area contributed by atoms with E-state index >= 15 is 0 Å². The van der Waals surface area contributed by atoms with Gasteiger partial charge in [0.1, 0.15) is 11.8 Å². The molecule has 1 heterocycles. The van der Waals surface area contributed by atoms with Crippen LogP contribution in [-0.4, -0.2) is 55.5 Å². The molecule has 4 N–H and O–H groups in total. The number of anilines is 1. The number of nitrogens with zero attached hydrogens (tertiary/aromatic N) is 4. The van der Waals surface area contributed by atoms with Gasteiger partial charge in [-0.15, -0.1) is 0 Å². The molecule has 2 aromatic rings. The molecule has 288 valence electrons. The highest BCUT2D eigenvalue weighted by atomic mass is 19.4. The molecule has 14 nitrogen and oxygen atoms in total. The summed E-state index contributed by atoms with van der Waals surface area (Å²) < 4.78 is 39.9. The number of carboxylic acid groups (broad SMARTS) is 1. The number of unbranched alkanes of at least 4 members (excludes halogenated alkanes) is 8. The van der Waals surface area contributed by atoms with Gasteiger partial charge in [-0.2, -0.15) is 13.2 Å². The fourth-order valence-corrected chi connectivity index (χ4v) is 4.86. The zero-order valence-corrected chi connectivity index (χ0v) is 29.8. The Bertz CT molecular complexity index is 1410. The SMILES string of the molecule is CCCCCCCCCCCC(C)=O.CCCN(CCC)c1c([N+](=O)[O-])cc(C(F)(F)F)cc1[N+](=O)[O-].NC(Cn1ccc(=O)c(O)c1)C(=O)O. The van der Waals surface area contributed by atoms with E-state index in [0.717, 1.165) is 25.1 Å². The van der Waals surface area contributed by atoms with Crippen molar-refractivity contribution in [1.29, 1.82) is 0 Å². The van der Waals surface area contributed by atoms with E-state index in [2.05, 4.69) is 6.92 Å². The van der Waals surface area contributed by atoms with Gasteiger partial charge in [0.2, 0.25) is 5.43 Å². The molecule has 0 saturated heterocycles. The smallest absolute Gasteiger partial charge is 0.416 e. The van der Waals surface area contributed by atoms with Crippen LogP contribution in [0.25, 0.3) is 0 Å². The number of ketones is 1. The lowest BCUT2D eigenvalue weighted by molar-refractivity contribution is -0.393. The molecule has 1 aromatic heterocycles. The first-order chi connectivity index (χ1) is 23.9. The molecule has 0 radical (unpaired) electrons. The van der Waals surface area contributed by atoms with Crippen LogP contribution in [0.1, 0.15) is 110 Å². The number of rotatable bonds is 20. The van der Waals surface area contributed by atoms with Crippen molar-refractivity contribution in [2.45, 2.75) is 124 Å². The fraction of sp³-hybridized carbons (Fsp3) is 0.618. The molecule has 0 aliphatic heterocycles. The van der Waals surface area contributed by atoms with Gasteiger partial charge in [-0.3, -0.25) is 29.8 Å². The second-order valence-electron chi connectivity index (χ2n) is 12.0. The minimum Gasteiger partial charge on any atom is -0.503 e. The summed E-state index contributed by atoms with van der Waals surface area (Å²) in [4.78, 5) is 53.5. The lowest BCUT2D eigenvalue weighted by atomic mass is 10.1. The summed E-state index contributed by atoms with van der Waals surface area (Å²) in [6.07, 6.45) is 11.4. The Morgan fingerprint density at radius 2 is 1.37 bits per heavy atom. The van der Waals surface area contributed by atoms with E-state index in [1.807, 2.05) is 0 Å². The number of carbonyl (C=O) groups excluding carboxylic acids is 1. The van der Waals surface area contributed by atoms with E-state index < -0.39 is 56.2 Å². The Balaban J connectivity index is 0.000000776. The summed E-state index contributed by atoms with van der Waals surface area (Å²) in [6.45, 7) is 8.01. The van der Waals surface area contributed by atoms with Crippen LogP contribution in [0.3, 0.4) is 0 Å². The average Bonchev–Trinajstić information content (AvgIpc) is 3.05. The zero-order chi connectivity index (χ0) is 39.1.